The molecule has 4 rings (SSSR count). The number of halogens is 2. The Morgan fingerprint density at radius 3 is 2.24 bits per heavy atom. The molecule has 0 saturated carbocycles. The Labute approximate surface area is 167 Å². The molecular weight excluding hydrogens is 376 g/mol. The number of likely N-dealkylation sites (N-methyl/N-ethyl adjacent to an activating group) is 1. The van der Waals surface area contributed by atoms with Crippen LogP contribution in [-0.4, -0.2) is 53.0 Å². The monoisotopic (exact) mass is 397 g/mol. The highest BCUT2D eigenvalue weighted by Crippen LogP contribution is 2.36. The van der Waals surface area contributed by atoms with Gasteiger partial charge in [-0.2, -0.15) is 5.10 Å². The Morgan fingerprint density at radius 2 is 1.69 bits per heavy atom. The molecule has 1 saturated heterocycles. The number of nitrogens with zero attached hydrogens (tertiary/aromatic N) is 3. The van der Waals surface area contributed by atoms with E-state index < -0.39 is 29.6 Å². The summed E-state index contributed by atoms with van der Waals surface area (Å²) in [4.78, 5) is 27.0. The van der Waals surface area contributed by atoms with Crippen LogP contribution in [-0.2, 0) is 9.59 Å². The van der Waals surface area contributed by atoms with E-state index in [0.29, 0.717) is 24.2 Å². The van der Waals surface area contributed by atoms with E-state index in [-0.39, 0.29) is 18.1 Å². The van der Waals surface area contributed by atoms with Crippen LogP contribution < -0.4 is 0 Å². The molecular formula is C22H21F2N3O2. The molecule has 0 spiro atoms. The normalized spacial score (nSPS) is 21.7. The standard InChI is InChI=1S/C22H21F2N3O2/c1-2-26-13-18(27-21(22(26)29)19(28)9-10-25-27)20(14-5-3-7-16(23)11-14)15-6-4-8-17(24)12-15/h3-8,10-12,18,20-21H,2,9,13H2,1H3. The molecule has 5 nitrogen and oxygen atoms in total. The van der Waals surface area contributed by atoms with Crippen molar-refractivity contribution in [2.24, 2.45) is 5.10 Å². The van der Waals surface area contributed by atoms with Crippen molar-refractivity contribution in [2.45, 2.75) is 31.3 Å². The van der Waals surface area contributed by atoms with Crippen molar-refractivity contribution in [3.05, 3.63) is 71.3 Å². The van der Waals surface area contributed by atoms with Crippen LogP contribution >= 0.6 is 0 Å². The summed E-state index contributed by atoms with van der Waals surface area (Å²) < 4.78 is 28.1. The molecule has 0 bridgehead atoms. The SMILES string of the molecule is CCN1CC(C(c2cccc(F)c2)c2cccc(F)c2)N2N=CCC(=O)C2C1=O. The van der Waals surface area contributed by atoms with Crippen LogP contribution in [0.1, 0.15) is 30.4 Å². The van der Waals surface area contributed by atoms with Gasteiger partial charge >= 0.3 is 0 Å². The molecule has 2 aliphatic heterocycles. The summed E-state index contributed by atoms with van der Waals surface area (Å²) in [5, 5.41) is 5.90. The molecule has 0 N–H and O–H groups in total. The van der Waals surface area contributed by atoms with Gasteiger partial charge in [-0.25, -0.2) is 8.78 Å². The van der Waals surface area contributed by atoms with Crippen LogP contribution in [0.5, 0.6) is 0 Å². The van der Waals surface area contributed by atoms with Gasteiger partial charge in [0.25, 0.3) is 5.91 Å². The maximum atomic E-state index is 14.1. The van der Waals surface area contributed by atoms with Gasteiger partial charge in [0.2, 0.25) is 0 Å². The third-order valence-corrected chi connectivity index (χ3v) is 5.55. The van der Waals surface area contributed by atoms with Gasteiger partial charge in [-0.3, -0.25) is 14.6 Å². The largest absolute Gasteiger partial charge is 0.339 e. The van der Waals surface area contributed by atoms with Gasteiger partial charge in [0.15, 0.2) is 11.8 Å². The summed E-state index contributed by atoms with van der Waals surface area (Å²) in [6, 6.07) is 10.8. The molecule has 29 heavy (non-hydrogen) atoms. The fourth-order valence-electron chi connectivity index (χ4n) is 4.23. The highest BCUT2D eigenvalue weighted by molar-refractivity contribution is 6.10. The second-order valence-corrected chi connectivity index (χ2v) is 7.28. The van der Waals surface area contributed by atoms with Crippen molar-refractivity contribution in [3.63, 3.8) is 0 Å². The smallest absolute Gasteiger partial charge is 0.254 e. The number of carbonyl (C=O) groups is 2. The fourth-order valence-corrected chi connectivity index (χ4v) is 4.23. The first-order valence-electron chi connectivity index (χ1n) is 9.62. The number of hydrogen-bond acceptors (Lipinski definition) is 4. The molecule has 2 unspecified atom stereocenters. The molecule has 1 fully saturated rings. The average molecular weight is 397 g/mol. The summed E-state index contributed by atoms with van der Waals surface area (Å²) in [5.74, 6) is -1.78. The van der Waals surface area contributed by atoms with Gasteiger partial charge in [-0.1, -0.05) is 24.3 Å². The molecule has 2 aromatic carbocycles. The first kappa shape index (κ1) is 19.2. The van der Waals surface area contributed by atoms with Gasteiger partial charge in [0, 0.05) is 31.6 Å². The molecule has 0 aromatic heterocycles. The van der Waals surface area contributed by atoms with Gasteiger partial charge in [-0.15, -0.1) is 0 Å². The van der Waals surface area contributed by atoms with Gasteiger partial charge in [0.05, 0.1) is 6.04 Å². The van der Waals surface area contributed by atoms with E-state index in [1.54, 1.807) is 29.2 Å². The van der Waals surface area contributed by atoms with Gasteiger partial charge in [-0.05, 0) is 42.3 Å². The van der Waals surface area contributed by atoms with Crippen molar-refractivity contribution in [1.29, 1.82) is 0 Å². The summed E-state index contributed by atoms with van der Waals surface area (Å²) in [5.41, 5.74) is 1.27. The summed E-state index contributed by atoms with van der Waals surface area (Å²) in [6.07, 6.45) is 1.59. The third kappa shape index (κ3) is 3.52. The summed E-state index contributed by atoms with van der Waals surface area (Å²) >= 11 is 0. The zero-order chi connectivity index (χ0) is 20.5. The number of benzene rings is 2. The van der Waals surface area contributed by atoms with Gasteiger partial charge in [0.1, 0.15) is 11.6 Å². The third-order valence-electron chi connectivity index (χ3n) is 5.55. The number of rotatable bonds is 4. The minimum Gasteiger partial charge on any atom is -0.339 e. The van der Waals surface area contributed by atoms with E-state index >= 15 is 0 Å². The second-order valence-electron chi connectivity index (χ2n) is 7.28. The lowest BCUT2D eigenvalue weighted by Gasteiger charge is -2.47. The quantitative estimate of drug-likeness (QED) is 0.746. The number of hydrogen-bond donors (Lipinski definition) is 0. The topological polar surface area (TPSA) is 53.0 Å². The molecule has 2 atom stereocenters. The lowest BCUT2D eigenvalue weighted by molar-refractivity contribution is -0.151. The van der Waals surface area contributed by atoms with Gasteiger partial charge < -0.3 is 4.90 Å². The van der Waals surface area contributed by atoms with E-state index in [1.165, 1.54) is 35.5 Å². The highest BCUT2D eigenvalue weighted by Gasteiger charge is 2.47. The predicted octanol–water partition coefficient (Wildman–Crippen LogP) is 2.96. The first-order chi connectivity index (χ1) is 14.0. The second kappa shape index (κ2) is 7.73. The maximum absolute atomic E-state index is 14.1. The molecule has 2 heterocycles. The van der Waals surface area contributed by atoms with Crippen LogP contribution in [0.25, 0.3) is 0 Å². The molecule has 0 radical (unpaired) electrons. The van der Waals surface area contributed by atoms with Crippen molar-refractivity contribution < 1.29 is 18.4 Å². The predicted molar refractivity (Wildman–Crippen MR) is 104 cm³/mol. The zero-order valence-corrected chi connectivity index (χ0v) is 16.0. The number of fused-ring (bicyclic) bond motifs is 1. The molecule has 2 aliphatic rings. The lowest BCUT2D eigenvalue weighted by Crippen LogP contribution is -2.65. The van der Waals surface area contributed by atoms with E-state index in [9.17, 15) is 18.4 Å². The van der Waals surface area contributed by atoms with E-state index in [2.05, 4.69) is 5.10 Å². The van der Waals surface area contributed by atoms with Crippen LogP contribution in [0.3, 0.4) is 0 Å². The van der Waals surface area contributed by atoms with E-state index in [1.807, 2.05) is 6.92 Å². The fraction of sp³-hybridized carbons (Fsp3) is 0.318. The number of ketones is 1. The number of carbonyl (C=O) groups excluding carboxylic acids is 2. The maximum Gasteiger partial charge on any atom is 0.254 e. The average Bonchev–Trinajstić information content (AvgIpc) is 2.70. The Balaban J connectivity index is 1.86. The van der Waals surface area contributed by atoms with Crippen LogP contribution in [0.2, 0.25) is 0 Å². The van der Waals surface area contributed by atoms with E-state index in [4.69, 9.17) is 0 Å². The first-order valence-corrected chi connectivity index (χ1v) is 9.62. The highest BCUT2D eigenvalue weighted by atomic mass is 19.1. The molecule has 1 amide bonds. The molecule has 0 aliphatic carbocycles. The Kier molecular flexibility index (Phi) is 5.13. The minimum absolute atomic E-state index is 0.0990. The van der Waals surface area contributed by atoms with Crippen molar-refractivity contribution in [2.75, 3.05) is 13.1 Å². The molecule has 2 aromatic rings. The summed E-state index contributed by atoms with van der Waals surface area (Å²) in [6.45, 7) is 2.59. The zero-order valence-electron chi connectivity index (χ0n) is 16.0. The van der Waals surface area contributed by atoms with Crippen LogP contribution in [0.4, 0.5) is 8.78 Å². The number of amides is 1. The lowest BCUT2D eigenvalue weighted by atomic mass is 9.82. The number of hydrazone groups is 1. The summed E-state index contributed by atoms with van der Waals surface area (Å²) in [7, 11) is 0. The van der Waals surface area contributed by atoms with Crippen LogP contribution in [0.15, 0.2) is 53.6 Å². The Bertz CT molecular complexity index is 933. The number of Topliss-reactive ketones (excluding diaryl/α,β-unsaturated/α-hetero) is 1. The van der Waals surface area contributed by atoms with E-state index in [0.717, 1.165) is 0 Å². The minimum atomic E-state index is -0.997. The number of piperazine rings is 1. The van der Waals surface area contributed by atoms with Crippen molar-refractivity contribution in [3.8, 4) is 0 Å². The Hall–Kier alpha value is -3.09. The van der Waals surface area contributed by atoms with Crippen molar-refractivity contribution in [1.82, 2.24) is 9.91 Å². The van der Waals surface area contributed by atoms with Crippen LogP contribution in [0, 0.1) is 11.6 Å². The molecule has 150 valence electrons. The molecule has 7 heteroatoms. The Morgan fingerprint density at radius 1 is 1.07 bits per heavy atom. The van der Waals surface area contributed by atoms with Crippen molar-refractivity contribution >= 4 is 17.9 Å².